The van der Waals surface area contributed by atoms with Gasteiger partial charge in [-0.3, -0.25) is 15.0 Å². The predicted octanol–water partition coefficient (Wildman–Crippen LogP) is 4.10. The van der Waals surface area contributed by atoms with Gasteiger partial charge >= 0.3 is 11.9 Å². The van der Waals surface area contributed by atoms with Crippen LogP contribution in [0.1, 0.15) is 42.2 Å². The minimum atomic E-state index is -1.18. The molecule has 10 nitrogen and oxygen atoms in total. The summed E-state index contributed by atoms with van der Waals surface area (Å²) >= 11 is 0. The second-order valence-corrected chi connectivity index (χ2v) is 9.30. The molecule has 6 N–H and O–H groups in total. The Morgan fingerprint density at radius 3 is 2.07 bits per heavy atom. The summed E-state index contributed by atoms with van der Waals surface area (Å²) in [5.41, 5.74) is 7.84. The molecule has 0 saturated carbocycles. The van der Waals surface area contributed by atoms with Crippen LogP contribution in [0.3, 0.4) is 0 Å². The lowest BCUT2D eigenvalue weighted by Gasteiger charge is -2.18. The van der Waals surface area contributed by atoms with Crippen molar-refractivity contribution in [1.29, 1.82) is 5.41 Å². The molecule has 42 heavy (non-hydrogen) atoms. The van der Waals surface area contributed by atoms with E-state index in [1.165, 1.54) is 31.4 Å². The molecule has 4 rings (SSSR count). The minimum absolute atomic E-state index is 0.0248. The van der Waals surface area contributed by atoms with Crippen molar-refractivity contribution in [3.05, 3.63) is 125 Å². The van der Waals surface area contributed by atoms with Gasteiger partial charge in [0.25, 0.3) is 11.8 Å². The number of carboxylic acid groups (broad SMARTS) is 1. The number of benzene rings is 4. The molecular formula is C32H28N4O6. The van der Waals surface area contributed by atoms with Gasteiger partial charge in [0, 0.05) is 28.8 Å². The number of hydrogen-bond acceptors (Lipinski definition) is 6. The van der Waals surface area contributed by atoms with Gasteiger partial charge in [-0.15, -0.1) is 0 Å². The Hall–Kier alpha value is -5.77. The first-order valence-corrected chi connectivity index (χ1v) is 12.8. The average Bonchev–Trinajstić information content (AvgIpc) is 3.00. The lowest BCUT2D eigenvalue weighted by molar-refractivity contribution is -0.142. The summed E-state index contributed by atoms with van der Waals surface area (Å²) in [6.45, 7) is 0. The molecule has 10 heteroatoms. The summed E-state index contributed by atoms with van der Waals surface area (Å²) in [6.07, 6.45) is 0.187. The molecule has 0 saturated heterocycles. The summed E-state index contributed by atoms with van der Waals surface area (Å²) in [7, 11) is 1.23. The lowest BCUT2D eigenvalue weighted by Crippen LogP contribution is -2.43. The third-order valence-electron chi connectivity index (χ3n) is 6.50. The normalized spacial score (nSPS) is 11.2. The highest BCUT2D eigenvalue weighted by atomic mass is 16.5. The highest BCUT2D eigenvalue weighted by molar-refractivity contribution is 6.12. The number of rotatable bonds is 10. The maximum absolute atomic E-state index is 13.6. The van der Waals surface area contributed by atoms with E-state index in [2.05, 4.69) is 10.6 Å². The van der Waals surface area contributed by atoms with Gasteiger partial charge in [-0.1, -0.05) is 54.6 Å². The molecule has 0 aromatic heterocycles. The van der Waals surface area contributed by atoms with Gasteiger partial charge in [-0.2, -0.15) is 0 Å². The number of amides is 2. The van der Waals surface area contributed by atoms with Crippen LogP contribution >= 0.6 is 0 Å². The minimum Gasteiger partial charge on any atom is -0.478 e. The number of anilines is 1. The Labute approximate surface area is 241 Å². The van der Waals surface area contributed by atoms with E-state index in [9.17, 15) is 24.3 Å². The maximum atomic E-state index is 13.6. The van der Waals surface area contributed by atoms with Crippen LogP contribution in [0, 0.1) is 5.41 Å². The van der Waals surface area contributed by atoms with E-state index in [0.717, 1.165) is 5.56 Å². The van der Waals surface area contributed by atoms with Gasteiger partial charge in [0.2, 0.25) is 0 Å². The number of carbonyl (C=O) groups is 4. The fourth-order valence-corrected chi connectivity index (χ4v) is 4.37. The molecule has 4 aromatic rings. The number of methoxy groups -OCH3 is 1. The molecule has 1 atom stereocenters. The summed E-state index contributed by atoms with van der Waals surface area (Å²) < 4.78 is 4.89. The summed E-state index contributed by atoms with van der Waals surface area (Å²) in [4.78, 5) is 51.4. The van der Waals surface area contributed by atoms with Gasteiger partial charge in [-0.05, 0) is 59.2 Å². The van der Waals surface area contributed by atoms with E-state index in [0.29, 0.717) is 11.3 Å². The number of hydrogen-bond donors (Lipinski definition) is 5. The highest BCUT2D eigenvalue weighted by Gasteiger charge is 2.25. The van der Waals surface area contributed by atoms with Crippen LogP contribution in [-0.4, -0.2) is 47.8 Å². The number of nitrogens with one attached hydrogen (secondary N) is 3. The van der Waals surface area contributed by atoms with E-state index in [1.54, 1.807) is 42.5 Å². The van der Waals surface area contributed by atoms with Crippen molar-refractivity contribution < 1.29 is 29.0 Å². The second kappa shape index (κ2) is 13.1. The molecule has 0 aliphatic heterocycles. The molecule has 0 aliphatic carbocycles. The summed E-state index contributed by atoms with van der Waals surface area (Å²) in [5.74, 6) is -3.17. The van der Waals surface area contributed by atoms with E-state index in [-0.39, 0.29) is 40.1 Å². The van der Waals surface area contributed by atoms with E-state index >= 15 is 0 Å². The first-order chi connectivity index (χ1) is 20.2. The average molecular weight is 565 g/mol. The van der Waals surface area contributed by atoms with Crippen molar-refractivity contribution in [2.75, 3.05) is 12.4 Å². The van der Waals surface area contributed by atoms with Gasteiger partial charge < -0.3 is 26.2 Å². The van der Waals surface area contributed by atoms with Crippen molar-refractivity contribution >= 4 is 35.3 Å². The van der Waals surface area contributed by atoms with E-state index < -0.39 is 29.8 Å². The molecule has 0 heterocycles. The van der Waals surface area contributed by atoms with Crippen molar-refractivity contribution in [2.45, 2.75) is 12.5 Å². The molecule has 0 fully saturated rings. The first-order valence-electron chi connectivity index (χ1n) is 12.8. The zero-order valence-corrected chi connectivity index (χ0v) is 22.6. The Kier molecular flexibility index (Phi) is 9.08. The lowest BCUT2D eigenvalue weighted by atomic mass is 9.93. The fourth-order valence-electron chi connectivity index (χ4n) is 4.37. The molecule has 0 radical (unpaired) electrons. The summed E-state index contributed by atoms with van der Waals surface area (Å²) in [6, 6.07) is 24.9. The number of nitrogen functional groups attached to an aromatic ring is 1. The number of amidine groups is 1. The van der Waals surface area contributed by atoms with Crippen molar-refractivity contribution in [1.82, 2.24) is 5.32 Å². The van der Waals surface area contributed by atoms with Crippen molar-refractivity contribution in [2.24, 2.45) is 5.73 Å². The van der Waals surface area contributed by atoms with E-state index in [4.69, 9.17) is 15.9 Å². The van der Waals surface area contributed by atoms with Gasteiger partial charge in [0.1, 0.15) is 11.9 Å². The molecule has 0 aliphatic rings. The topological polar surface area (TPSA) is 172 Å². The van der Waals surface area contributed by atoms with Crippen LogP contribution in [0.25, 0.3) is 11.1 Å². The predicted molar refractivity (Wildman–Crippen MR) is 158 cm³/mol. The molecule has 1 unspecified atom stereocenters. The molecular weight excluding hydrogens is 536 g/mol. The van der Waals surface area contributed by atoms with Crippen molar-refractivity contribution in [3.8, 4) is 11.1 Å². The highest BCUT2D eigenvalue weighted by Crippen LogP contribution is 2.29. The van der Waals surface area contributed by atoms with Crippen LogP contribution in [0.4, 0.5) is 5.69 Å². The third kappa shape index (κ3) is 6.86. The summed E-state index contributed by atoms with van der Waals surface area (Å²) in [5, 5.41) is 22.7. The van der Waals surface area contributed by atoms with E-state index in [1.807, 2.05) is 30.3 Å². The second-order valence-electron chi connectivity index (χ2n) is 9.30. The fraction of sp³-hybridized carbons (Fsp3) is 0.0938. The monoisotopic (exact) mass is 564 g/mol. The largest absolute Gasteiger partial charge is 0.478 e. The molecule has 0 spiro atoms. The molecule has 4 aromatic carbocycles. The zero-order chi connectivity index (χ0) is 30.2. The van der Waals surface area contributed by atoms with Crippen LogP contribution < -0.4 is 16.4 Å². The quantitative estimate of drug-likeness (QED) is 0.110. The van der Waals surface area contributed by atoms with Crippen LogP contribution in [0.5, 0.6) is 0 Å². The van der Waals surface area contributed by atoms with Crippen molar-refractivity contribution in [3.63, 3.8) is 0 Å². The standard InChI is InChI=1S/C32H28N4O6/c1-42-32(41)27(17-19-7-3-2-4-8-19)36-29(37)21-13-16-24(23-9-5-6-10-25(23)31(39)40)26(18-21)30(38)35-22-14-11-20(12-15-22)28(33)34/h2-16,18,27H,17H2,1H3,(H3,33,34)(H,35,38)(H,36,37)(H,39,40). The first kappa shape index (κ1) is 29.2. The van der Waals surface area contributed by atoms with Gasteiger partial charge in [-0.25, -0.2) is 9.59 Å². The van der Waals surface area contributed by atoms with Crippen LogP contribution in [0.15, 0.2) is 97.1 Å². The Bertz CT molecular complexity index is 1650. The zero-order valence-electron chi connectivity index (χ0n) is 22.6. The Morgan fingerprint density at radius 1 is 0.810 bits per heavy atom. The number of nitrogens with two attached hydrogens (primary N) is 1. The maximum Gasteiger partial charge on any atom is 0.336 e. The SMILES string of the molecule is COC(=O)C(Cc1ccccc1)NC(=O)c1ccc(-c2ccccc2C(=O)O)c(C(=O)Nc2ccc(C(=N)N)cc2)c1. The number of aromatic carboxylic acids is 1. The number of ether oxygens (including phenoxy) is 1. The molecule has 2 amide bonds. The van der Waals surface area contributed by atoms with Crippen LogP contribution in [0.2, 0.25) is 0 Å². The Morgan fingerprint density at radius 2 is 1.43 bits per heavy atom. The number of carboxylic acids is 1. The van der Waals surface area contributed by atoms with Gasteiger partial charge in [0.15, 0.2) is 0 Å². The van der Waals surface area contributed by atoms with Gasteiger partial charge in [0.05, 0.1) is 12.7 Å². The Balaban J connectivity index is 1.71. The molecule has 0 bridgehead atoms. The van der Waals surface area contributed by atoms with Crippen LogP contribution in [-0.2, 0) is 16.0 Å². The molecule has 212 valence electrons. The third-order valence-corrected chi connectivity index (χ3v) is 6.50. The smallest absolute Gasteiger partial charge is 0.336 e. The number of carbonyl (C=O) groups excluding carboxylic acids is 3. The number of esters is 1.